The highest BCUT2D eigenvalue weighted by Gasteiger charge is 2.04. The van der Waals surface area contributed by atoms with E-state index in [1.807, 2.05) is 12.1 Å². The predicted molar refractivity (Wildman–Crippen MR) is 71.1 cm³/mol. The first-order chi connectivity index (χ1) is 8.04. The summed E-state index contributed by atoms with van der Waals surface area (Å²) in [6, 6.07) is 8.18. The summed E-state index contributed by atoms with van der Waals surface area (Å²) in [5, 5.41) is 8.84. The molecule has 1 aromatic rings. The van der Waals surface area contributed by atoms with Gasteiger partial charge in [0, 0.05) is 6.08 Å². The van der Waals surface area contributed by atoms with Crippen LogP contribution in [0.15, 0.2) is 30.3 Å². The molecule has 0 spiro atoms. The fourth-order valence-corrected chi connectivity index (χ4v) is 1.80. The van der Waals surface area contributed by atoms with E-state index in [-0.39, 0.29) is 0 Å². The van der Waals surface area contributed by atoms with Gasteiger partial charge in [0.05, 0.1) is 0 Å². The molecule has 0 saturated carbocycles. The van der Waals surface area contributed by atoms with Crippen LogP contribution in [0.2, 0.25) is 0 Å². The second-order valence-corrected chi connectivity index (χ2v) is 4.53. The first-order valence-electron chi connectivity index (χ1n) is 6.08. The lowest BCUT2D eigenvalue weighted by molar-refractivity contribution is -0.131. The van der Waals surface area contributed by atoms with Crippen molar-refractivity contribution in [3.05, 3.63) is 41.5 Å². The van der Waals surface area contributed by atoms with E-state index < -0.39 is 5.97 Å². The van der Waals surface area contributed by atoms with Crippen molar-refractivity contribution in [2.24, 2.45) is 0 Å². The van der Waals surface area contributed by atoms with Crippen molar-refractivity contribution in [1.82, 2.24) is 0 Å². The topological polar surface area (TPSA) is 37.3 Å². The van der Waals surface area contributed by atoms with E-state index in [0.29, 0.717) is 5.92 Å². The molecule has 2 nitrogen and oxygen atoms in total. The van der Waals surface area contributed by atoms with Crippen LogP contribution in [0.5, 0.6) is 0 Å². The Bertz CT molecular complexity index is 399. The van der Waals surface area contributed by atoms with Gasteiger partial charge in [-0.2, -0.15) is 0 Å². The molecule has 1 aromatic carbocycles. The molecule has 2 heteroatoms. The van der Waals surface area contributed by atoms with Crippen molar-refractivity contribution in [3.63, 3.8) is 0 Å². The van der Waals surface area contributed by atoms with Gasteiger partial charge in [-0.3, -0.25) is 0 Å². The molecular weight excluding hydrogens is 212 g/mol. The molecule has 17 heavy (non-hydrogen) atoms. The fraction of sp³-hybridized carbons (Fsp3) is 0.400. The minimum absolute atomic E-state index is 0.502. The highest BCUT2D eigenvalue weighted by Crippen LogP contribution is 2.22. The average molecular weight is 232 g/mol. The third-order valence-corrected chi connectivity index (χ3v) is 2.77. The number of rotatable bonds is 5. The Hall–Kier alpha value is -1.57. The molecule has 92 valence electrons. The van der Waals surface area contributed by atoms with E-state index >= 15 is 0 Å². The lowest BCUT2D eigenvalue weighted by atomic mass is 9.96. The van der Waals surface area contributed by atoms with Gasteiger partial charge in [0.1, 0.15) is 0 Å². The number of allylic oxidation sites excluding steroid dienone is 1. The molecule has 0 bridgehead atoms. The van der Waals surface area contributed by atoms with Crippen LogP contribution in [0.25, 0.3) is 5.57 Å². The Morgan fingerprint density at radius 1 is 1.29 bits per heavy atom. The molecule has 0 aliphatic heterocycles. The standard InChI is InChI=1S/C15H20O2/c1-4-5-14(10-15(16)17)13-8-6-12(7-9-13)11(2)3/h6-11H,4-5H2,1-3H3,(H,16,17)/b14-10+. The number of benzene rings is 1. The van der Waals surface area contributed by atoms with Crippen LogP contribution in [-0.2, 0) is 4.79 Å². The average Bonchev–Trinajstić information content (AvgIpc) is 2.28. The maximum Gasteiger partial charge on any atom is 0.328 e. The number of carboxylic acids is 1. The Kier molecular flexibility index (Phi) is 4.95. The summed E-state index contributed by atoms with van der Waals surface area (Å²) in [5.74, 6) is -0.372. The Morgan fingerprint density at radius 2 is 1.88 bits per heavy atom. The number of carboxylic acid groups (broad SMARTS) is 1. The van der Waals surface area contributed by atoms with Crippen molar-refractivity contribution < 1.29 is 9.90 Å². The molecule has 0 unspecified atom stereocenters. The Labute approximate surface area is 103 Å². The molecule has 0 aliphatic rings. The SMILES string of the molecule is CCC/C(=C\C(=O)O)c1ccc(C(C)C)cc1. The molecule has 0 aromatic heterocycles. The number of hydrogen-bond acceptors (Lipinski definition) is 1. The highest BCUT2D eigenvalue weighted by molar-refractivity contribution is 5.90. The predicted octanol–water partition coefficient (Wildman–Crippen LogP) is 4.08. The molecule has 0 radical (unpaired) electrons. The lowest BCUT2D eigenvalue weighted by Crippen LogP contribution is -1.94. The molecule has 0 saturated heterocycles. The summed E-state index contributed by atoms with van der Waals surface area (Å²) in [6.45, 7) is 6.35. The molecular formula is C15H20O2. The molecule has 0 heterocycles. The van der Waals surface area contributed by atoms with E-state index in [1.165, 1.54) is 11.6 Å². The van der Waals surface area contributed by atoms with Gasteiger partial charge in [-0.1, -0.05) is 51.5 Å². The largest absolute Gasteiger partial charge is 0.478 e. The fourth-order valence-electron chi connectivity index (χ4n) is 1.80. The van der Waals surface area contributed by atoms with Crippen molar-refractivity contribution in [2.45, 2.75) is 39.5 Å². The molecule has 0 amide bonds. The zero-order valence-corrected chi connectivity index (χ0v) is 10.7. The number of carbonyl (C=O) groups is 1. The zero-order valence-electron chi connectivity index (χ0n) is 10.7. The molecule has 0 aliphatic carbocycles. The Balaban J connectivity index is 2.99. The third kappa shape index (κ3) is 4.06. The van der Waals surface area contributed by atoms with Gasteiger partial charge in [0.25, 0.3) is 0 Å². The number of hydrogen-bond donors (Lipinski definition) is 1. The first-order valence-corrected chi connectivity index (χ1v) is 6.08. The maximum absolute atomic E-state index is 10.8. The third-order valence-electron chi connectivity index (χ3n) is 2.77. The van der Waals surface area contributed by atoms with Gasteiger partial charge >= 0.3 is 5.97 Å². The van der Waals surface area contributed by atoms with E-state index in [2.05, 4.69) is 32.9 Å². The van der Waals surface area contributed by atoms with Crippen LogP contribution in [-0.4, -0.2) is 11.1 Å². The normalized spacial score (nSPS) is 11.9. The summed E-state index contributed by atoms with van der Waals surface area (Å²) in [5.41, 5.74) is 3.19. The van der Waals surface area contributed by atoms with E-state index in [9.17, 15) is 4.79 Å². The van der Waals surface area contributed by atoms with Crippen molar-refractivity contribution >= 4 is 11.5 Å². The molecule has 0 atom stereocenters. The summed E-state index contributed by atoms with van der Waals surface area (Å²) in [6.07, 6.45) is 3.06. The van der Waals surface area contributed by atoms with Crippen LogP contribution in [0.3, 0.4) is 0 Å². The smallest absolute Gasteiger partial charge is 0.328 e. The maximum atomic E-state index is 10.8. The van der Waals surface area contributed by atoms with Gasteiger partial charge in [0.2, 0.25) is 0 Å². The lowest BCUT2D eigenvalue weighted by Gasteiger charge is -2.09. The van der Waals surface area contributed by atoms with Crippen LogP contribution in [0, 0.1) is 0 Å². The van der Waals surface area contributed by atoms with Crippen molar-refractivity contribution in [2.75, 3.05) is 0 Å². The van der Waals surface area contributed by atoms with Gasteiger partial charge in [-0.15, -0.1) is 0 Å². The van der Waals surface area contributed by atoms with E-state index in [0.717, 1.165) is 24.0 Å². The second-order valence-electron chi connectivity index (χ2n) is 4.53. The summed E-state index contributed by atoms with van der Waals surface area (Å²) >= 11 is 0. The molecule has 0 fully saturated rings. The molecule has 1 rings (SSSR count). The van der Waals surface area contributed by atoms with Crippen LogP contribution in [0.1, 0.15) is 50.7 Å². The summed E-state index contributed by atoms with van der Waals surface area (Å²) in [4.78, 5) is 10.8. The first kappa shape index (κ1) is 13.5. The number of aliphatic carboxylic acids is 1. The summed E-state index contributed by atoms with van der Waals surface area (Å²) in [7, 11) is 0. The van der Waals surface area contributed by atoms with Crippen molar-refractivity contribution in [1.29, 1.82) is 0 Å². The van der Waals surface area contributed by atoms with E-state index in [1.54, 1.807) is 0 Å². The monoisotopic (exact) mass is 232 g/mol. The van der Waals surface area contributed by atoms with Gasteiger partial charge in [-0.25, -0.2) is 4.79 Å². The highest BCUT2D eigenvalue weighted by atomic mass is 16.4. The molecule has 1 N–H and O–H groups in total. The van der Waals surface area contributed by atoms with Gasteiger partial charge in [0.15, 0.2) is 0 Å². The van der Waals surface area contributed by atoms with Crippen LogP contribution >= 0.6 is 0 Å². The van der Waals surface area contributed by atoms with Crippen molar-refractivity contribution in [3.8, 4) is 0 Å². The second kappa shape index (κ2) is 6.24. The van der Waals surface area contributed by atoms with Gasteiger partial charge < -0.3 is 5.11 Å². The van der Waals surface area contributed by atoms with Crippen LogP contribution in [0.4, 0.5) is 0 Å². The minimum atomic E-state index is -0.874. The van der Waals surface area contributed by atoms with Crippen LogP contribution < -0.4 is 0 Å². The van der Waals surface area contributed by atoms with E-state index in [4.69, 9.17) is 5.11 Å². The zero-order chi connectivity index (χ0) is 12.8. The Morgan fingerprint density at radius 3 is 2.29 bits per heavy atom. The van der Waals surface area contributed by atoms with Gasteiger partial charge in [-0.05, 0) is 29.0 Å². The minimum Gasteiger partial charge on any atom is -0.478 e. The quantitative estimate of drug-likeness (QED) is 0.777. The summed E-state index contributed by atoms with van der Waals surface area (Å²) < 4.78 is 0.